The van der Waals surface area contributed by atoms with E-state index in [4.69, 9.17) is 9.47 Å². The van der Waals surface area contributed by atoms with Gasteiger partial charge in [-0.05, 0) is 54.4 Å². The van der Waals surface area contributed by atoms with Gasteiger partial charge < -0.3 is 9.47 Å². The number of thioether (sulfide) groups is 1. The summed E-state index contributed by atoms with van der Waals surface area (Å²) in [5.74, 6) is 0.930. The molecule has 5 nitrogen and oxygen atoms in total. The van der Waals surface area contributed by atoms with Gasteiger partial charge in [-0.3, -0.25) is 14.5 Å². The van der Waals surface area contributed by atoms with E-state index in [0.717, 1.165) is 28.5 Å². The van der Waals surface area contributed by atoms with Crippen molar-refractivity contribution >= 4 is 29.0 Å². The molecule has 0 atom stereocenters. The average molecular weight is 436 g/mol. The van der Waals surface area contributed by atoms with E-state index in [9.17, 15) is 9.59 Å². The molecular formula is C25H25NO4S. The molecular weight excluding hydrogens is 410 g/mol. The lowest BCUT2D eigenvalue weighted by atomic mass is 10.0. The Kier molecular flexibility index (Phi) is 7.73. The van der Waals surface area contributed by atoms with Crippen molar-refractivity contribution < 1.29 is 19.1 Å². The highest BCUT2D eigenvalue weighted by Crippen LogP contribution is 2.37. The fourth-order valence-corrected chi connectivity index (χ4v) is 4.02. The topological polar surface area (TPSA) is 55.8 Å². The molecule has 0 spiro atoms. The normalized spacial score (nSPS) is 14.7. The number of imide groups is 1. The van der Waals surface area contributed by atoms with Crippen LogP contribution in [-0.4, -0.2) is 29.2 Å². The highest BCUT2D eigenvalue weighted by atomic mass is 32.2. The molecule has 2 aromatic rings. The Balaban J connectivity index is 1.95. The van der Waals surface area contributed by atoms with Gasteiger partial charge in [0.25, 0.3) is 11.1 Å². The van der Waals surface area contributed by atoms with Crippen LogP contribution in [0, 0.1) is 0 Å². The van der Waals surface area contributed by atoms with Crippen LogP contribution in [0.2, 0.25) is 0 Å². The van der Waals surface area contributed by atoms with Gasteiger partial charge in [-0.1, -0.05) is 42.5 Å². The van der Waals surface area contributed by atoms with Crippen LogP contribution in [0.3, 0.4) is 0 Å². The second-order valence-electron chi connectivity index (χ2n) is 6.79. The van der Waals surface area contributed by atoms with Crippen LogP contribution in [-0.2, 0) is 17.8 Å². The van der Waals surface area contributed by atoms with Crippen molar-refractivity contribution in [1.82, 2.24) is 4.90 Å². The van der Waals surface area contributed by atoms with Crippen molar-refractivity contribution in [2.24, 2.45) is 0 Å². The largest absolute Gasteiger partial charge is 0.490 e. The molecule has 1 heterocycles. The van der Waals surface area contributed by atoms with E-state index in [-0.39, 0.29) is 17.7 Å². The van der Waals surface area contributed by atoms with Gasteiger partial charge in [0.1, 0.15) is 6.61 Å². The van der Waals surface area contributed by atoms with Gasteiger partial charge >= 0.3 is 0 Å². The molecule has 2 amide bonds. The quantitative estimate of drug-likeness (QED) is 0.358. The number of ether oxygens (including phenoxy) is 2. The van der Waals surface area contributed by atoms with Crippen LogP contribution in [0.4, 0.5) is 4.79 Å². The van der Waals surface area contributed by atoms with Gasteiger partial charge in [0.2, 0.25) is 0 Å². The third-order valence-corrected chi connectivity index (χ3v) is 5.43. The van der Waals surface area contributed by atoms with E-state index < -0.39 is 0 Å². The van der Waals surface area contributed by atoms with Gasteiger partial charge in [0.15, 0.2) is 11.5 Å². The van der Waals surface area contributed by atoms with Crippen molar-refractivity contribution in [3.63, 3.8) is 0 Å². The van der Waals surface area contributed by atoms with Crippen molar-refractivity contribution in [3.8, 4) is 11.5 Å². The minimum atomic E-state index is -0.317. The number of hydrogen-bond acceptors (Lipinski definition) is 5. The maximum Gasteiger partial charge on any atom is 0.293 e. The number of carbonyl (C=O) groups excluding carboxylic acids is 2. The molecule has 160 valence electrons. The smallest absolute Gasteiger partial charge is 0.293 e. The number of carbonyl (C=O) groups is 2. The lowest BCUT2D eigenvalue weighted by molar-refractivity contribution is -0.122. The first-order valence-corrected chi connectivity index (χ1v) is 10.8. The van der Waals surface area contributed by atoms with E-state index in [1.54, 1.807) is 12.2 Å². The third kappa shape index (κ3) is 5.47. The molecule has 31 heavy (non-hydrogen) atoms. The Labute approximate surface area is 187 Å². The monoisotopic (exact) mass is 435 g/mol. The molecule has 0 saturated carbocycles. The molecule has 0 radical (unpaired) electrons. The number of benzene rings is 2. The molecule has 2 aromatic carbocycles. The molecule has 3 rings (SSSR count). The molecule has 0 bridgehead atoms. The van der Waals surface area contributed by atoms with Gasteiger partial charge in [-0.15, -0.1) is 13.2 Å². The second kappa shape index (κ2) is 10.7. The van der Waals surface area contributed by atoms with Gasteiger partial charge in [-0.2, -0.15) is 0 Å². The number of allylic oxidation sites excluding steroid dienone is 1. The van der Waals surface area contributed by atoms with Crippen LogP contribution >= 0.6 is 11.8 Å². The van der Waals surface area contributed by atoms with Crippen molar-refractivity contribution in [2.75, 3.05) is 13.2 Å². The summed E-state index contributed by atoms with van der Waals surface area (Å²) in [7, 11) is 0. The van der Waals surface area contributed by atoms with Crippen LogP contribution < -0.4 is 9.47 Å². The number of hydrogen-bond donors (Lipinski definition) is 0. The Morgan fingerprint density at radius 2 is 1.84 bits per heavy atom. The third-order valence-electron chi connectivity index (χ3n) is 4.53. The summed E-state index contributed by atoms with van der Waals surface area (Å²) in [6.45, 7) is 10.4. The first-order valence-electron chi connectivity index (χ1n) is 10.0. The van der Waals surface area contributed by atoms with Crippen LogP contribution in [0.15, 0.2) is 72.7 Å². The Bertz CT molecular complexity index is 1010. The summed E-state index contributed by atoms with van der Waals surface area (Å²) in [5, 5.41) is -0.296. The zero-order valence-electron chi connectivity index (χ0n) is 17.5. The molecule has 0 N–H and O–H groups in total. The van der Waals surface area contributed by atoms with Crippen LogP contribution in [0.25, 0.3) is 6.08 Å². The standard InChI is InChI=1S/C25H25NO4S/c1-4-10-20-14-19(16-22-24(27)26(13-5-2)25(28)31-22)15-21(29-6-3)23(20)30-17-18-11-8-7-9-12-18/h4-5,7-9,11-12,14-16H,1-2,6,10,13,17H2,3H3/b22-16+. The fraction of sp³-hybridized carbons (Fsp3) is 0.200. The predicted molar refractivity (Wildman–Crippen MR) is 125 cm³/mol. The predicted octanol–water partition coefficient (Wildman–Crippen LogP) is 5.62. The Hall–Kier alpha value is -3.25. The highest BCUT2D eigenvalue weighted by molar-refractivity contribution is 8.18. The van der Waals surface area contributed by atoms with E-state index in [1.807, 2.05) is 49.4 Å². The summed E-state index contributed by atoms with van der Waals surface area (Å²) in [4.78, 5) is 26.2. The first-order chi connectivity index (χ1) is 15.1. The van der Waals surface area contributed by atoms with E-state index in [0.29, 0.717) is 36.0 Å². The second-order valence-corrected chi connectivity index (χ2v) is 7.78. The lowest BCUT2D eigenvalue weighted by Gasteiger charge is -2.17. The van der Waals surface area contributed by atoms with Gasteiger partial charge in [0.05, 0.1) is 11.5 Å². The van der Waals surface area contributed by atoms with Crippen LogP contribution in [0.1, 0.15) is 23.6 Å². The lowest BCUT2D eigenvalue weighted by Crippen LogP contribution is -2.27. The maximum absolute atomic E-state index is 12.6. The zero-order chi connectivity index (χ0) is 22.2. The molecule has 6 heteroatoms. The molecule has 0 aromatic heterocycles. The number of amides is 2. The minimum Gasteiger partial charge on any atom is -0.490 e. The van der Waals surface area contributed by atoms with Crippen LogP contribution in [0.5, 0.6) is 11.5 Å². The SMILES string of the molecule is C=CCc1cc(/C=C2/SC(=O)N(CC=C)C2=O)cc(OCC)c1OCc1ccccc1. The maximum atomic E-state index is 12.6. The molecule has 1 fully saturated rings. The van der Waals surface area contributed by atoms with Gasteiger partial charge in [-0.25, -0.2) is 0 Å². The summed E-state index contributed by atoms with van der Waals surface area (Å²) in [6, 6.07) is 13.7. The summed E-state index contributed by atoms with van der Waals surface area (Å²) < 4.78 is 12.0. The van der Waals surface area contributed by atoms with E-state index in [2.05, 4.69) is 13.2 Å². The fourth-order valence-electron chi connectivity index (χ4n) is 3.17. The zero-order valence-corrected chi connectivity index (χ0v) is 18.3. The Morgan fingerprint density at radius 3 is 2.52 bits per heavy atom. The summed E-state index contributed by atoms with van der Waals surface area (Å²) in [5.41, 5.74) is 2.71. The van der Waals surface area contributed by atoms with Crippen molar-refractivity contribution in [2.45, 2.75) is 20.0 Å². The molecule has 1 aliphatic heterocycles. The Morgan fingerprint density at radius 1 is 1.06 bits per heavy atom. The highest BCUT2D eigenvalue weighted by Gasteiger charge is 2.34. The van der Waals surface area contributed by atoms with E-state index >= 15 is 0 Å². The summed E-state index contributed by atoms with van der Waals surface area (Å²) in [6.07, 6.45) is 5.61. The molecule has 0 unspecified atom stereocenters. The summed E-state index contributed by atoms with van der Waals surface area (Å²) >= 11 is 0.925. The minimum absolute atomic E-state index is 0.195. The number of nitrogens with zero attached hydrogens (tertiary/aromatic N) is 1. The molecule has 1 aliphatic rings. The molecule has 1 saturated heterocycles. The molecule has 0 aliphatic carbocycles. The van der Waals surface area contributed by atoms with Crippen molar-refractivity contribution in [1.29, 1.82) is 0 Å². The first kappa shape index (κ1) is 22.4. The average Bonchev–Trinajstić information content (AvgIpc) is 3.02. The van der Waals surface area contributed by atoms with E-state index in [1.165, 1.54) is 11.0 Å². The van der Waals surface area contributed by atoms with Gasteiger partial charge in [0, 0.05) is 12.1 Å². The number of rotatable bonds is 10. The van der Waals surface area contributed by atoms with Crippen molar-refractivity contribution in [3.05, 3.63) is 89.4 Å².